The SMILES string of the molecule is O=C(c1ccccc1)c1ccc([PH](=O)c2ccc(C(=O)c3ccccc3)cc2)cc1.O=C(c1ccccc1)c1ccccc1. The van der Waals surface area contributed by atoms with Gasteiger partial charge in [0.05, 0.1) is 0 Å². The van der Waals surface area contributed by atoms with E-state index in [-0.39, 0.29) is 17.3 Å². The van der Waals surface area contributed by atoms with E-state index in [9.17, 15) is 18.9 Å². The molecule has 0 aliphatic heterocycles. The van der Waals surface area contributed by atoms with Crippen molar-refractivity contribution >= 4 is 35.8 Å². The van der Waals surface area contributed by atoms with Gasteiger partial charge in [0.2, 0.25) is 0 Å². The van der Waals surface area contributed by atoms with Crippen LogP contribution in [0.15, 0.2) is 170 Å². The van der Waals surface area contributed by atoms with Crippen LogP contribution in [0.25, 0.3) is 0 Å². The Morgan fingerprint density at radius 2 is 0.500 bits per heavy atom. The zero-order valence-electron chi connectivity index (χ0n) is 23.8. The Bertz CT molecular complexity index is 1730. The lowest BCUT2D eigenvalue weighted by Gasteiger charge is -2.06. The lowest BCUT2D eigenvalue weighted by Crippen LogP contribution is -2.09. The number of benzene rings is 6. The first-order valence-corrected chi connectivity index (χ1v) is 15.5. The van der Waals surface area contributed by atoms with Gasteiger partial charge >= 0.3 is 0 Å². The molecular weight excluding hydrogens is 563 g/mol. The van der Waals surface area contributed by atoms with E-state index in [0.29, 0.717) is 32.9 Å². The van der Waals surface area contributed by atoms with Crippen LogP contribution >= 0.6 is 7.80 Å². The molecule has 6 aromatic carbocycles. The zero-order valence-corrected chi connectivity index (χ0v) is 24.8. The molecule has 0 bridgehead atoms. The van der Waals surface area contributed by atoms with Gasteiger partial charge in [0, 0.05) is 44.0 Å². The van der Waals surface area contributed by atoms with Crippen LogP contribution in [0.5, 0.6) is 0 Å². The van der Waals surface area contributed by atoms with Crippen LogP contribution in [0.4, 0.5) is 0 Å². The van der Waals surface area contributed by atoms with Crippen LogP contribution in [0.2, 0.25) is 0 Å². The lowest BCUT2D eigenvalue weighted by atomic mass is 10.0. The molecule has 6 aromatic rings. The molecule has 0 fully saturated rings. The number of hydrogen-bond acceptors (Lipinski definition) is 4. The fourth-order valence-corrected chi connectivity index (χ4v) is 5.84. The summed E-state index contributed by atoms with van der Waals surface area (Å²) in [5, 5.41) is 1.35. The first-order valence-electron chi connectivity index (χ1n) is 14.1. The molecule has 0 atom stereocenters. The summed E-state index contributed by atoms with van der Waals surface area (Å²) in [6.45, 7) is 0. The zero-order chi connectivity index (χ0) is 30.7. The topological polar surface area (TPSA) is 68.3 Å². The van der Waals surface area contributed by atoms with Crippen molar-refractivity contribution in [2.45, 2.75) is 0 Å². The van der Waals surface area contributed by atoms with E-state index in [4.69, 9.17) is 0 Å². The summed E-state index contributed by atoms with van der Waals surface area (Å²) in [7, 11) is -2.23. The molecular formula is C39H29O4P. The number of hydrogen-bond donors (Lipinski definition) is 0. The van der Waals surface area contributed by atoms with Crippen LogP contribution in [0, 0.1) is 0 Å². The minimum absolute atomic E-state index is 0.0643. The van der Waals surface area contributed by atoms with Crippen molar-refractivity contribution in [2.24, 2.45) is 0 Å². The number of carbonyl (C=O) groups is 3. The molecule has 5 heteroatoms. The largest absolute Gasteiger partial charge is 0.317 e. The molecule has 214 valence electrons. The highest BCUT2D eigenvalue weighted by atomic mass is 31.1. The Morgan fingerprint density at radius 3 is 0.727 bits per heavy atom. The average molecular weight is 593 g/mol. The minimum Gasteiger partial charge on any atom is -0.317 e. The van der Waals surface area contributed by atoms with Crippen LogP contribution < -0.4 is 10.6 Å². The maximum Gasteiger partial charge on any atom is 0.193 e. The second-order valence-electron chi connectivity index (χ2n) is 9.94. The molecule has 0 amide bonds. The Morgan fingerprint density at radius 1 is 0.295 bits per heavy atom. The molecule has 0 spiro atoms. The van der Waals surface area contributed by atoms with Gasteiger partial charge < -0.3 is 4.57 Å². The van der Waals surface area contributed by atoms with Gasteiger partial charge in [0.25, 0.3) is 0 Å². The highest BCUT2D eigenvalue weighted by molar-refractivity contribution is 7.61. The molecule has 44 heavy (non-hydrogen) atoms. The Labute approximate surface area is 257 Å². The molecule has 0 aromatic heterocycles. The summed E-state index contributed by atoms with van der Waals surface area (Å²) >= 11 is 0. The van der Waals surface area contributed by atoms with E-state index in [1.165, 1.54) is 0 Å². The van der Waals surface area contributed by atoms with Crippen molar-refractivity contribution in [3.05, 3.63) is 203 Å². The van der Waals surface area contributed by atoms with E-state index >= 15 is 0 Å². The molecule has 0 saturated carbocycles. The number of rotatable bonds is 8. The quantitative estimate of drug-likeness (QED) is 0.135. The van der Waals surface area contributed by atoms with Gasteiger partial charge in [-0.15, -0.1) is 0 Å². The molecule has 0 radical (unpaired) electrons. The summed E-state index contributed by atoms with van der Waals surface area (Å²) in [4.78, 5) is 36.9. The molecule has 0 saturated heterocycles. The van der Waals surface area contributed by atoms with Crippen LogP contribution in [-0.4, -0.2) is 17.3 Å². The Hall–Kier alpha value is -5.44. The standard InChI is InChI=1S/C26H19O3P.C13H10O/c27-25(19-7-3-1-4-8-19)21-11-15-23(16-12-21)30(29)24-17-13-22(14-18-24)26(28)20-9-5-2-6-10-20;14-13(11-7-3-1-4-8-11)12-9-5-2-6-10-12/h1-18,30H;1-10H. The third-order valence-electron chi connectivity index (χ3n) is 6.96. The summed E-state index contributed by atoms with van der Waals surface area (Å²) in [6.07, 6.45) is 0. The van der Waals surface area contributed by atoms with Crippen molar-refractivity contribution in [1.29, 1.82) is 0 Å². The number of ketones is 3. The smallest absolute Gasteiger partial charge is 0.193 e. The predicted octanol–water partition coefficient (Wildman–Crippen LogP) is 7.58. The van der Waals surface area contributed by atoms with Gasteiger partial charge in [0.1, 0.15) is 7.80 Å². The molecule has 0 heterocycles. The normalized spacial score (nSPS) is 10.4. The van der Waals surface area contributed by atoms with E-state index in [1.54, 1.807) is 72.8 Å². The van der Waals surface area contributed by atoms with Crippen LogP contribution in [-0.2, 0) is 4.57 Å². The third-order valence-corrected chi connectivity index (χ3v) is 8.68. The van der Waals surface area contributed by atoms with Crippen LogP contribution in [0.3, 0.4) is 0 Å². The summed E-state index contributed by atoms with van der Waals surface area (Å²) in [5.74, 6) is -0.0533. The van der Waals surface area contributed by atoms with Gasteiger partial charge in [-0.3, -0.25) is 14.4 Å². The highest BCUT2D eigenvalue weighted by Gasteiger charge is 2.13. The number of carbonyl (C=O) groups excluding carboxylic acids is 3. The van der Waals surface area contributed by atoms with E-state index in [2.05, 4.69) is 0 Å². The maximum absolute atomic E-state index is 13.0. The first kappa shape index (κ1) is 30.0. The fraction of sp³-hybridized carbons (Fsp3) is 0. The summed E-state index contributed by atoms with van der Waals surface area (Å²) < 4.78 is 13.0. The van der Waals surface area contributed by atoms with Gasteiger partial charge in [-0.05, 0) is 0 Å². The lowest BCUT2D eigenvalue weighted by molar-refractivity contribution is 0.103. The molecule has 4 nitrogen and oxygen atoms in total. The molecule has 0 unspecified atom stereocenters. The van der Waals surface area contributed by atoms with E-state index in [0.717, 1.165) is 11.1 Å². The third kappa shape index (κ3) is 7.49. The Balaban J connectivity index is 0.000000229. The summed E-state index contributed by atoms with van der Waals surface area (Å²) in [6, 6.07) is 50.5. The minimum atomic E-state index is -2.23. The molecule has 0 N–H and O–H groups in total. The van der Waals surface area contributed by atoms with Crippen molar-refractivity contribution in [2.75, 3.05) is 0 Å². The second-order valence-corrected chi connectivity index (χ2v) is 11.7. The molecule has 0 aliphatic carbocycles. The van der Waals surface area contributed by atoms with E-state index in [1.807, 2.05) is 97.1 Å². The average Bonchev–Trinajstić information content (AvgIpc) is 3.12. The van der Waals surface area contributed by atoms with Gasteiger partial charge in [-0.1, -0.05) is 170 Å². The van der Waals surface area contributed by atoms with Gasteiger partial charge in [-0.25, -0.2) is 0 Å². The second kappa shape index (κ2) is 14.6. The fourth-order valence-electron chi connectivity index (χ4n) is 4.57. The maximum atomic E-state index is 13.0. The first-order chi connectivity index (χ1) is 21.5. The molecule has 0 aliphatic rings. The van der Waals surface area contributed by atoms with Crippen molar-refractivity contribution in [1.82, 2.24) is 0 Å². The highest BCUT2D eigenvalue weighted by Crippen LogP contribution is 2.21. The molecule has 6 rings (SSSR count). The summed E-state index contributed by atoms with van der Waals surface area (Å²) in [5.41, 5.74) is 3.83. The van der Waals surface area contributed by atoms with Crippen LogP contribution in [0.1, 0.15) is 47.8 Å². The van der Waals surface area contributed by atoms with Crippen molar-refractivity contribution in [3.8, 4) is 0 Å². The van der Waals surface area contributed by atoms with E-state index < -0.39 is 7.80 Å². The predicted molar refractivity (Wildman–Crippen MR) is 177 cm³/mol. The van der Waals surface area contributed by atoms with Crippen molar-refractivity contribution in [3.63, 3.8) is 0 Å². The Kier molecular flexibility index (Phi) is 9.99. The van der Waals surface area contributed by atoms with Gasteiger partial charge in [-0.2, -0.15) is 0 Å². The monoisotopic (exact) mass is 592 g/mol. The van der Waals surface area contributed by atoms with Gasteiger partial charge in [0.15, 0.2) is 17.3 Å². The van der Waals surface area contributed by atoms with Crippen molar-refractivity contribution < 1.29 is 18.9 Å².